The van der Waals surface area contributed by atoms with Gasteiger partial charge in [-0.25, -0.2) is 9.97 Å². The van der Waals surface area contributed by atoms with Gasteiger partial charge in [0.15, 0.2) is 0 Å². The number of rotatable bonds is 10. The first-order valence-electron chi connectivity index (χ1n) is 10.9. The van der Waals surface area contributed by atoms with Crippen LogP contribution < -0.4 is 4.74 Å². The van der Waals surface area contributed by atoms with Gasteiger partial charge >= 0.3 is 5.97 Å². The maximum Gasteiger partial charge on any atom is 0.318 e. The number of nitrogens with zero attached hydrogens (tertiary/aromatic N) is 2. The smallest absolute Gasteiger partial charge is 0.318 e. The summed E-state index contributed by atoms with van der Waals surface area (Å²) >= 11 is 0. The molecule has 2 aromatic heterocycles. The third-order valence-electron chi connectivity index (χ3n) is 5.20. The highest BCUT2D eigenvalue weighted by Crippen LogP contribution is 2.24. The molecule has 0 bridgehead atoms. The Morgan fingerprint density at radius 1 is 1.09 bits per heavy atom. The first-order chi connectivity index (χ1) is 16.1. The van der Waals surface area contributed by atoms with Gasteiger partial charge in [-0.3, -0.25) is 4.79 Å². The molecule has 0 fully saturated rings. The number of ether oxygens (including phenoxy) is 2. The highest BCUT2D eigenvalue weighted by molar-refractivity contribution is 5.77. The number of hydrogen-bond donors (Lipinski definition) is 0. The lowest BCUT2D eigenvalue weighted by atomic mass is 9.99. The topological polar surface area (TPSA) is 87.6 Å². The molecule has 170 valence electrons. The molecule has 0 aliphatic rings. The van der Waals surface area contributed by atoms with Crippen molar-refractivity contribution in [2.24, 2.45) is 0 Å². The van der Waals surface area contributed by atoms with Crippen molar-refractivity contribution in [3.8, 4) is 17.2 Å². The number of carbonyl (C=O) groups is 1. The fourth-order valence-corrected chi connectivity index (χ4v) is 3.51. The molecule has 2 aromatic carbocycles. The zero-order valence-electron chi connectivity index (χ0n) is 18.7. The summed E-state index contributed by atoms with van der Waals surface area (Å²) < 4.78 is 22.2. The van der Waals surface area contributed by atoms with E-state index in [-0.39, 0.29) is 5.97 Å². The Labute approximate surface area is 192 Å². The Balaban J connectivity index is 1.33. The molecule has 0 amide bonds. The summed E-state index contributed by atoms with van der Waals surface area (Å²) in [5.74, 6) is 1.58. The molecule has 0 N–H and O–H groups in total. The summed E-state index contributed by atoms with van der Waals surface area (Å²) in [7, 11) is 0. The summed E-state index contributed by atoms with van der Waals surface area (Å²) in [6, 6.07) is 17.5. The van der Waals surface area contributed by atoms with Gasteiger partial charge in [0.2, 0.25) is 11.8 Å². The Hall–Kier alpha value is -3.87. The molecular formula is C26H26N2O5. The fourth-order valence-electron chi connectivity index (χ4n) is 3.51. The summed E-state index contributed by atoms with van der Waals surface area (Å²) in [6.07, 6.45) is 4.05. The maximum atomic E-state index is 12.3. The van der Waals surface area contributed by atoms with Crippen LogP contribution in [0.25, 0.3) is 11.5 Å². The van der Waals surface area contributed by atoms with Crippen LogP contribution in [0.15, 0.2) is 75.9 Å². The van der Waals surface area contributed by atoms with Gasteiger partial charge in [-0.05, 0) is 50.1 Å². The van der Waals surface area contributed by atoms with E-state index < -0.39 is 5.92 Å². The van der Waals surface area contributed by atoms with E-state index in [0.29, 0.717) is 37.8 Å². The van der Waals surface area contributed by atoms with Gasteiger partial charge < -0.3 is 18.3 Å². The molecule has 1 unspecified atom stereocenters. The zero-order valence-corrected chi connectivity index (χ0v) is 18.7. The molecule has 0 saturated heterocycles. The molecule has 1 atom stereocenters. The number of aryl methyl sites for hydroxylation is 1. The summed E-state index contributed by atoms with van der Waals surface area (Å²) in [5, 5.41) is 0. The molecule has 33 heavy (non-hydrogen) atoms. The Bertz CT molecular complexity index is 1150. The molecular weight excluding hydrogens is 420 g/mol. The van der Waals surface area contributed by atoms with Crippen LogP contribution in [0.5, 0.6) is 5.75 Å². The summed E-state index contributed by atoms with van der Waals surface area (Å²) in [6.45, 7) is 4.47. The van der Waals surface area contributed by atoms with Crippen molar-refractivity contribution in [3.05, 3.63) is 90.0 Å². The van der Waals surface area contributed by atoms with Crippen LogP contribution >= 0.6 is 0 Å². The molecule has 0 spiro atoms. The Kier molecular flexibility index (Phi) is 7.19. The standard InChI is InChI=1S/C26H26N2O5/c1-3-30-26(29)22(25-27-14-16-32-25)17-19-9-11-21(12-10-19)31-15-13-23-18(2)33-24(28-23)20-7-5-4-6-8-20/h4-12,14,16,22H,3,13,15,17H2,1-2H3. The van der Waals surface area contributed by atoms with Crippen LogP contribution in [0.4, 0.5) is 0 Å². The van der Waals surface area contributed by atoms with Gasteiger partial charge in [-0.1, -0.05) is 30.3 Å². The Morgan fingerprint density at radius 2 is 1.88 bits per heavy atom. The quantitative estimate of drug-likeness (QED) is 0.311. The molecule has 7 nitrogen and oxygen atoms in total. The zero-order chi connectivity index (χ0) is 23.0. The van der Waals surface area contributed by atoms with Crippen LogP contribution in [-0.2, 0) is 22.4 Å². The average molecular weight is 447 g/mol. The minimum atomic E-state index is -0.583. The summed E-state index contributed by atoms with van der Waals surface area (Å²) in [5.41, 5.74) is 2.79. The molecule has 0 saturated carbocycles. The van der Waals surface area contributed by atoms with Crippen molar-refractivity contribution >= 4 is 5.97 Å². The fraction of sp³-hybridized carbons (Fsp3) is 0.269. The number of benzene rings is 2. The van der Waals surface area contributed by atoms with Crippen molar-refractivity contribution < 1.29 is 23.1 Å². The van der Waals surface area contributed by atoms with E-state index in [1.165, 1.54) is 12.5 Å². The van der Waals surface area contributed by atoms with E-state index in [2.05, 4.69) is 9.97 Å². The largest absolute Gasteiger partial charge is 0.493 e. The molecule has 7 heteroatoms. The van der Waals surface area contributed by atoms with Crippen molar-refractivity contribution in [2.45, 2.75) is 32.6 Å². The monoisotopic (exact) mass is 446 g/mol. The lowest BCUT2D eigenvalue weighted by molar-refractivity contribution is -0.145. The van der Waals surface area contributed by atoms with Gasteiger partial charge in [0, 0.05) is 12.0 Å². The van der Waals surface area contributed by atoms with Crippen LogP contribution in [0.3, 0.4) is 0 Å². The molecule has 0 aliphatic heterocycles. The lowest BCUT2D eigenvalue weighted by Gasteiger charge is -2.13. The molecule has 4 rings (SSSR count). The van der Waals surface area contributed by atoms with Gasteiger partial charge in [0.25, 0.3) is 0 Å². The second-order valence-electron chi connectivity index (χ2n) is 7.51. The predicted molar refractivity (Wildman–Crippen MR) is 122 cm³/mol. The third kappa shape index (κ3) is 5.68. The van der Waals surface area contributed by atoms with Crippen LogP contribution in [0.1, 0.15) is 35.7 Å². The maximum absolute atomic E-state index is 12.3. The van der Waals surface area contributed by atoms with Gasteiger partial charge in [-0.15, -0.1) is 0 Å². The van der Waals surface area contributed by atoms with Crippen molar-refractivity contribution in [2.75, 3.05) is 13.2 Å². The lowest BCUT2D eigenvalue weighted by Crippen LogP contribution is -2.18. The summed E-state index contributed by atoms with van der Waals surface area (Å²) in [4.78, 5) is 21.1. The highest BCUT2D eigenvalue weighted by atomic mass is 16.5. The molecule has 0 aliphatic carbocycles. The van der Waals surface area contributed by atoms with Gasteiger partial charge in [0.1, 0.15) is 23.7 Å². The molecule has 4 aromatic rings. The van der Waals surface area contributed by atoms with E-state index in [9.17, 15) is 4.79 Å². The number of oxazole rings is 2. The average Bonchev–Trinajstić information content (AvgIpc) is 3.49. The van der Waals surface area contributed by atoms with E-state index in [4.69, 9.17) is 18.3 Å². The van der Waals surface area contributed by atoms with Crippen LogP contribution in [0, 0.1) is 6.92 Å². The van der Waals surface area contributed by atoms with E-state index >= 15 is 0 Å². The second-order valence-corrected chi connectivity index (χ2v) is 7.51. The van der Waals surface area contributed by atoms with E-state index in [1.807, 2.05) is 61.5 Å². The van der Waals surface area contributed by atoms with Crippen LogP contribution in [-0.4, -0.2) is 29.2 Å². The Morgan fingerprint density at radius 3 is 2.58 bits per heavy atom. The normalized spacial score (nSPS) is 11.8. The van der Waals surface area contributed by atoms with Crippen molar-refractivity contribution in [1.82, 2.24) is 9.97 Å². The minimum Gasteiger partial charge on any atom is -0.493 e. The number of carbonyl (C=O) groups excluding carboxylic acids is 1. The SMILES string of the molecule is CCOC(=O)C(Cc1ccc(OCCc2nc(-c3ccccc3)oc2C)cc1)c1ncco1. The predicted octanol–water partition coefficient (Wildman–Crippen LogP) is 5.15. The van der Waals surface area contributed by atoms with E-state index in [1.54, 1.807) is 6.92 Å². The van der Waals surface area contributed by atoms with Crippen molar-refractivity contribution in [3.63, 3.8) is 0 Å². The van der Waals surface area contributed by atoms with E-state index in [0.717, 1.165) is 28.3 Å². The minimum absolute atomic E-state index is 0.306. The number of aromatic nitrogens is 2. The van der Waals surface area contributed by atoms with Gasteiger partial charge in [0.05, 0.1) is 25.1 Å². The first-order valence-corrected chi connectivity index (χ1v) is 10.9. The number of esters is 1. The first kappa shape index (κ1) is 22.3. The molecule has 2 heterocycles. The van der Waals surface area contributed by atoms with Crippen LogP contribution in [0.2, 0.25) is 0 Å². The molecule has 0 radical (unpaired) electrons. The number of hydrogen-bond acceptors (Lipinski definition) is 7. The third-order valence-corrected chi connectivity index (χ3v) is 5.20. The van der Waals surface area contributed by atoms with Crippen molar-refractivity contribution in [1.29, 1.82) is 0 Å². The highest BCUT2D eigenvalue weighted by Gasteiger charge is 2.26. The van der Waals surface area contributed by atoms with Gasteiger partial charge in [-0.2, -0.15) is 0 Å². The second kappa shape index (κ2) is 10.6.